The van der Waals surface area contributed by atoms with Crippen molar-refractivity contribution in [3.05, 3.63) is 58.7 Å². The quantitative estimate of drug-likeness (QED) is 0.432. The summed E-state index contributed by atoms with van der Waals surface area (Å²) in [6, 6.07) is 7.89. The molecule has 6 nitrogen and oxygen atoms in total. The van der Waals surface area contributed by atoms with Crippen molar-refractivity contribution in [2.24, 2.45) is 0 Å². The highest BCUT2D eigenvalue weighted by atomic mass is 32.2. The molecule has 0 N–H and O–H groups in total. The van der Waals surface area contributed by atoms with E-state index < -0.39 is 39.2 Å². The standard InChI is InChI=1S/C26H30F3NO5S/c1-4-30(22-9-5-8-21-20(22)7-6-10-23(21)35-16-24(31)34-3)36(32,33)19-14-17(25(2)11-12-25)13-18(15-19)26(27,28)29/h6-7,10,13-15,22H,4-5,8-9,11-12,16H2,1-3H3/t22-/m1/s1. The zero-order chi connectivity index (χ0) is 26.3. The Hall–Kier alpha value is -2.59. The number of rotatable bonds is 8. The van der Waals surface area contributed by atoms with Crippen molar-refractivity contribution in [3.8, 4) is 5.75 Å². The van der Waals surface area contributed by atoms with Crippen LogP contribution in [0.3, 0.4) is 0 Å². The minimum Gasteiger partial charge on any atom is -0.482 e. The van der Waals surface area contributed by atoms with Crippen molar-refractivity contribution in [2.45, 2.75) is 68.5 Å². The lowest BCUT2D eigenvalue weighted by Crippen LogP contribution is -2.37. The minimum absolute atomic E-state index is 0.0858. The zero-order valence-electron chi connectivity index (χ0n) is 20.5. The van der Waals surface area contributed by atoms with Crippen LogP contribution in [0.4, 0.5) is 13.2 Å². The average Bonchev–Trinajstić information content (AvgIpc) is 3.60. The van der Waals surface area contributed by atoms with Crippen LogP contribution >= 0.6 is 0 Å². The minimum atomic E-state index is -4.66. The van der Waals surface area contributed by atoms with Gasteiger partial charge in [-0.25, -0.2) is 13.2 Å². The van der Waals surface area contributed by atoms with E-state index in [4.69, 9.17) is 4.74 Å². The molecule has 0 radical (unpaired) electrons. The van der Waals surface area contributed by atoms with E-state index in [-0.39, 0.29) is 18.0 Å². The Kier molecular flexibility index (Phi) is 7.13. The summed E-state index contributed by atoms with van der Waals surface area (Å²) in [5, 5.41) is 0. The van der Waals surface area contributed by atoms with Crippen LogP contribution in [0.1, 0.15) is 67.8 Å². The van der Waals surface area contributed by atoms with Crippen molar-refractivity contribution < 1.29 is 35.9 Å². The van der Waals surface area contributed by atoms with Gasteiger partial charge in [0.1, 0.15) is 5.75 Å². The molecular formula is C26H30F3NO5S. The Morgan fingerprint density at radius 3 is 2.53 bits per heavy atom. The first-order valence-electron chi connectivity index (χ1n) is 12.0. The van der Waals surface area contributed by atoms with Crippen molar-refractivity contribution in [1.82, 2.24) is 4.31 Å². The number of alkyl halides is 3. The molecule has 0 aromatic heterocycles. The summed E-state index contributed by atoms with van der Waals surface area (Å²) in [4.78, 5) is 11.2. The number of nitrogens with zero attached hydrogens (tertiary/aromatic N) is 1. The van der Waals surface area contributed by atoms with Gasteiger partial charge < -0.3 is 9.47 Å². The second-order valence-corrected chi connectivity index (χ2v) is 11.5. The van der Waals surface area contributed by atoms with Crippen LogP contribution in [0.25, 0.3) is 0 Å². The summed E-state index contributed by atoms with van der Waals surface area (Å²) < 4.78 is 80.4. The first kappa shape index (κ1) is 26.5. The first-order valence-corrected chi connectivity index (χ1v) is 13.4. The van der Waals surface area contributed by atoms with E-state index in [9.17, 15) is 26.4 Å². The number of ether oxygens (including phenoxy) is 2. The molecular weight excluding hydrogens is 495 g/mol. The van der Waals surface area contributed by atoms with Crippen molar-refractivity contribution in [3.63, 3.8) is 0 Å². The molecule has 36 heavy (non-hydrogen) atoms. The summed E-state index contributed by atoms with van der Waals surface area (Å²) in [5.41, 5.74) is 0.531. The smallest absolute Gasteiger partial charge is 0.416 e. The Balaban J connectivity index is 1.74. The third-order valence-electron chi connectivity index (χ3n) is 7.20. The second-order valence-electron chi connectivity index (χ2n) is 9.61. The molecule has 0 heterocycles. The maximum atomic E-state index is 13.9. The highest BCUT2D eigenvalue weighted by Crippen LogP contribution is 2.49. The number of esters is 1. The van der Waals surface area contributed by atoms with E-state index in [1.54, 1.807) is 19.1 Å². The number of benzene rings is 2. The highest BCUT2D eigenvalue weighted by Gasteiger charge is 2.43. The van der Waals surface area contributed by atoms with Gasteiger partial charge in [0.05, 0.1) is 23.6 Å². The number of hydrogen-bond donors (Lipinski definition) is 0. The van der Waals surface area contributed by atoms with Gasteiger partial charge in [0.15, 0.2) is 6.61 Å². The summed E-state index contributed by atoms with van der Waals surface area (Å²) in [5.74, 6) is -0.0681. The third-order valence-corrected chi connectivity index (χ3v) is 9.16. The highest BCUT2D eigenvalue weighted by molar-refractivity contribution is 7.89. The lowest BCUT2D eigenvalue weighted by Gasteiger charge is -2.35. The fraction of sp³-hybridized carbons (Fsp3) is 0.500. The Bertz CT molecular complexity index is 1230. The van der Waals surface area contributed by atoms with E-state index in [2.05, 4.69) is 4.74 Å². The normalized spacial score (nSPS) is 19.0. The van der Waals surface area contributed by atoms with E-state index in [0.29, 0.717) is 30.6 Å². The molecule has 2 aliphatic carbocycles. The summed E-state index contributed by atoms with van der Waals surface area (Å²) in [6.45, 7) is 3.34. The van der Waals surface area contributed by atoms with E-state index in [0.717, 1.165) is 36.1 Å². The topological polar surface area (TPSA) is 72.9 Å². The van der Waals surface area contributed by atoms with Crippen LogP contribution in [0.2, 0.25) is 0 Å². The Labute approximate surface area is 209 Å². The first-order chi connectivity index (χ1) is 16.9. The molecule has 0 bridgehead atoms. The largest absolute Gasteiger partial charge is 0.482 e. The molecule has 2 aliphatic rings. The molecule has 1 saturated carbocycles. The molecule has 1 atom stereocenters. The number of hydrogen-bond acceptors (Lipinski definition) is 5. The molecule has 0 unspecified atom stereocenters. The number of carbonyl (C=O) groups excluding carboxylic acids is 1. The molecule has 1 fully saturated rings. The van der Waals surface area contributed by atoms with Gasteiger partial charge in [0, 0.05) is 6.54 Å². The third kappa shape index (κ3) is 5.11. The molecule has 10 heteroatoms. The number of sulfonamides is 1. The van der Waals surface area contributed by atoms with Crippen molar-refractivity contribution in [2.75, 3.05) is 20.3 Å². The van der Waals surface area contributed by atoms with Crippen LogP contribution in [-0.4, -0.2) is 39.0 Å². The van der Waals surface area contributed by atoms with Gasteiger partial charge in [0.2, 0.25) is 10.0 Å². The van der Waals surface area contributed by atoms with Gasteiger partial charge in [-0.15, -0.1) is 0 Å². The van der Waals surface area contributed by atoms with Gasteiger partial charge in [-0.2, -0.15) is 17.5 Å². The summed E-state index contributed by atoms with van der Waals surface area (Å²) in [7, 11) is -3.00. The van der Waals surface area contributed by atoms with Crippen LogP contribution in [-0.2, 0) is 37.6 Å². The lowest BCUT2D eigenvalue weighted by atomic mass is 9.87. The van der Waals surface area contributed by atoms with Crippen LogP contribution in [0.15, 0.2) is 41.3 Å². The maximum Gasteiger partial charge on any atom is 0.416 e. The molecule has 2 aromatic rings. The fourth-order valence-electron chi connectivity index (χ4n) is 4.85. The molecule has 4 rings (SSSR count). The van der Waals surface area contributed by atoms with Crippen LogP contribution in [0.5, 0.6) is 5.75 Å². The van der Waals surface area contributed by atoms with E-state index >= 15 is 0 Å². The number of halogens is 3. The average molecular weight is 526 g/mol. The van der Waals surface area contributed by atoms with Gasteiger partial charge in [-0.1, -0.05) is 26.0 Å². The SMILES string of the molecule is CCN([C@@H]1CCCc2c(OCC(=O)OC)cccc21)S(=O)(=O)c1cc(C(F)(F)F)cc(C2(C)CC2)c1. The Morgan fingerprint density at radius 2 is 1.92 bits per heavy atom. The van der Waals surface area contributed by atoms with Crippen LogP contribution in [0, 0.1) is 0 Å². The van der Waals surface area contributed by atoms with E-state index in [1.807, 2.05) is 13.0 Å². The molecule has 196 valence electrons. The molecule has 0 spiro atoms. The molecule has 0 aliphatic heterocycles. The van der Waals surface area contributed by atoms with Crippen molar-refractivity contribution >= 4 is 16.0 Å². The number of fused-ring (bicyclic) bond motifs is 1. The second kappa shape index (κ2) is 9.70. The van der Waals surface area contributed by atoms with Gasteiger partial charge in [-0.3, -0.25) is 0 Å². The van der Waals surface area contributed by atoms with Gasteiger partial charge in [-0.05, 0) is 78.5 Å². The molecule has 0 saturated heterocycles. The van der Waals surface area contributed by atoms with Gasteiger partial charge >= 0.3 is 12.1 Å². The fourth-order valence-corrected chi connectivity index (χ4v) is 6.57. The molecule has 2 aromatic carbocycles. The monoisotopic (exact) mass is 525 g/mol. The lowest BCUT2D eigenvalue weighted by molar-refractivity contribution is -0.143. The predicted molar refractivity (Wildman–Crippen MR) is 127 cm³/mol. The summed E-state index contributed by atoms with van der Waals surface area (Å²) in [6.07, 6.45) is -1.41. The number of methoxy groups -OCH3 is 1. The van der Waals surface area contributed by atoms with E-state index in [1.165, 1.54) is 17.5 Å². The van der Waals surface area contributed by atoms with Gasteiger partial charge in [0.25, 0.3) is 0 Å². The maximum absolute atomic E-state index is 13.9. The van der Waals surface area contributed by atoms with Crippen LogP contribution < -0.4 is 4.74 Å². The molecule has 0 amide bonds. The zero-order valence-corrected chi connectivity index (χ0v) is 21.3. The predicted octanol–water partition coefficient (Wildman–Crippen LogP) is 5.40. The summed E-state index contributed by atoms with van der Waals surface area (Å²) >= 11 is 0. The number of carbonyl (C=O) groups is 1. The van der Waals surface area contributed by atoms with Crippen molar-refractivity contribution in [1.29, 1.82) is 0 Å². The Morgan fingerprint density at radius 1 is 1.19 bits per heavy atom.